The zero-order chi connectivity index (χ0) is 16.6. The van der Waals surface area contributed by atoms with Crippen molar-refractivity contribution in [2.24, 2.45) is 0 Å². The zero-order valence-electron chi connectivity index (χ0n) is 14.0. The van der Waals surface area contributed by atoms with E-state index < -0.39 is 0 Å². The summed E-state index contributed by atoms with van der Waals surface area (Å²) < 4.78 is 11.0. The summed E-state index contributed by atoms with van der Waals surface area (Å²) in [5, 5.41) is 6.58. The number of benzene rings is 1. The van der Waals surface area contributed by atoms with E-state index >= 15 is 0 Å². The highest BCUT2D eigenvalue weighted by molar-refractivity contribution is 5.40. The number of methoxy groups -OCH3 is 1. The fourth-order valence-electron chi connectivity index (χ4n) is 2.78. The molecule has 1 saturated heterocycles. The summed E-state index contributed by atoms with van der Waals surface area (Å²) in [5.41, 5.74) is 1.17. The van der Waals surface area contributed by atoms with Gasteiger partial charge in [-0.05, 0) is 37.0 Å². The predicted octanol–water partition coefficient (Wildman–Crippen LogP) is 2.73. The Hall–Kier alpha value is -2.34. The van der Waals surface area contributed by atoms with Crippen molar-refractivity contribution in [3.05, 3.63) is 42.1 Å². The summed E-state index contributed by atoms with van der Waals surface area (Å²) in [4.78, 5) is 8.76. The standard InChI is InChI=1S/C18H24N4O2/c1-23-16-7-3-2-5-14(16)8-10-19-18-20-11-9-17(22-18)21-13-15-6-4-12-24-15/h2-3,5,7,9,11,15H,4,6,8,10,12-13H2,1H3,(H2,19,20,21,22). The van der Waals surface area contributed by atoms with Crippen LogP contribution >= 0.6 is 0 Å². The van der Waals surface area contributed by atoms with Gasteiger partial charge in [-0.15, -0.1) is 0 Å². The number of aromatic nitrogens is 2. The number of nitrogens with zero attached hydrogens (tertiary/aromatic N) is 2. The lowest BCUT2D eigenvalue weighted by molar-refractivity contribution is 0.120. The molecule has 1 unspecified atom stereocenters. The summed E-state index contributed by atoms with van der Waals surface area (Å²) >= 11 is 0. The van der Waals surface area contributed by atoms with Gasteiger partial charge in [0.25, 0.3) is 0 Å². The second-order valence-electron chi connectivity index (χ2n) is 5.77. The lowest BCUT2D eigenvalue weighted by atomic mass is 10.1. The molecule has 1 fully saturated rings. The van der Waals surface area contributed by atoms with E-state index in [1.54, 1.807) is 13.3 Å². The van der Waals surface area contributed by atoms with Gasteiger partial charge in [0.15, 0.2) is 0 Å². The summed E-state index contributed by atoms with van der Waals surface area (Å²) in [6.07, 6.45) is 5.16. The van der Waals surface area contributed by atoms with E-state index in [0.29, 0.717) is 12.1 Å². The summed E-state index contributed by atoms with van der Waals surface area (Å²) in [5.74, 6) is 2.36. The third kappa shape index (κ3) is 4.58. The van der Waals surface area contributed by atoms with Gasteiger partial charge in [0.05, 0.1) is 13.2 Å². The fourth-order valence-corrected chi connectivity index (χ4v) is 2.78. The van der Waals surface area contributed by atoms with Crippen LogP contribution in [0.2, 0.25) is 0 Å². The zero-order valence-corrected chi connectivity index (χ0v) is 14.0. The van der Waals surface area contributed by atoms with Crippen molar-refractivity contribution >= 4 is 11.8 Å². The Morgan fingerprint density at radius 2 is 2.17 bits per heavy atom. The van der Waals surface area contributed by atoms with Gasteiger partial charge < -0.3 is 20.1 Å². The third-order valence-corrected chi connectivity index (χ3v) is 4.06. The average molecular weight is 328 g/mol. The molecule has 1 aromatic carbocycles. The van der Waals surface area contributed by atoms with E-state index in [-0.39, 0.29) is 0 Å². The van der Waals surface area contributed by atoms with Crippen LogP contribution in [-0.4, -0.2) is 42.9 Å². The molecule has 0 radical (unpaired) electrons. The summed E-state index contributed by atoms with van der Waals surface area (Å²) in [6.45, 7) is 2.40. The highest BCUT2D eigenvalue weighted by Gasteiger charge is 2.15. The van der Waals surface area contributed by atoms with Gasteiger partial charge in [0.2, 0.25) is 5.95 Å². The third-order valence-electron chi connectivity index (χ3n) is 4.06. The van der Waals surface area contributed by atoms with Gasteiger partial charge >= 0.3 is 0 Å². The second-order valence-corrected chi connectivity index (χ2v) is 5.77. The summed E-state index contributed by atoms with van der Waals surface area (Å²) in [6, 6.07) is 9.91. The van der Waals surface area contributed by atoms with Crippen molar-refractivity contribution in [3.8, 4) is 5.75 Å². The van der Waals surface area contributed by atoms with Crippen LogP contribution in [0.3, 0.4) is 0 Å². The normalized spacial score (nSPS) is 16.8. The first-order chi connectivity index (χ1) is 11.8. The number of anilines is 2. The number of rotatable bonds is 8. The Labute approximate surface area is 142 Å². The molecule has 24 heavy (non-hydrogen) atoms. The molecule has 0 aliphatic carbocycles. The quantitative estimate of drug-likeness (QED) is 0.776. The van der Waals surface area contributed by atoms with Crippen LogP contribution in [0.25, 0.3) is 0 Å². The van der Waals surface area contributed by atoms with Crippen LogP contribution in [0.4, 0.5) is 11.8 Å². The van der Waals surface area contributed by atoms with E-state index in [1.165, 1.54) is 5.56 Å². The minimum Gasteiger partial charge on any atom is -0.496 e. The largest absolute Gasteiger partial charge is 0.496 e. The lowest BCUT2D eigenvalue weighted by Crippen LogP contribution is -2.19. The van der Waals surface area contributed by atoms with E-state index in [1.807, 2.05) is 24.3 Å². The van der Waals surface area contributed by atoms with Crippen LogP contribution in [0.1, 0.15) is 18.4 Å². The second kappa shape index (κ2) is 8.49. The minimum atomic E-state index is 0.293. The van der Waals surface area contributed by atoms with Gasteiger partial charge in [0, 0.05) is 25.9 Å². The lowest BCUT2D eigenvalue weighted by Gasteiger charge is -2.12. The van der Waals surface area contributed by atoms with Crippen molar-refractivity contribution in [2.45, 2.75) is 25.4 Å². The summed E-state index contributed by atoms with van der Waals surface area (Å²) in [7, 11) is 1.69. The Bertz CT molecular complexity index is 644. The molecule has 0 bridgehead atoms. The SMILES string of the molecule is COc1ccccc1CCNc1nccc(NCC2CCCO2)n1. The molecule has 0 spiro atoms. The Balaban J connectivity index is 1.49. The average Bonchev–Trinajstić information content (AvgIpc) is 3.14. The van der Waals surface area contributed by atoms with Crippen LogP contribution < -0.4 is 15.4 Å². The first-order valence-corrected chi connectivity index (χ1v) is 8.39. The van der Waals surface area contributed by atoms with Gasteiger partial charge in [-0.1, -0.05) is 18.2 Å². The molecule has 2 aromatic rings. The first-order valence-electron chi connectivity index (χ1n) is 8.39. The molecule has 1 atom stereocenters. The van der Waals surface area contributed by atoms with Crippen molar-refractivity contribution in [1.29, 1.82) is 0 Å². The van der Waals surface area contributed by atoms with Crippen molar-refractivity contribution in [1.82, 2.24) is 9.97 Å². The highest BCUT2D eigenvalue weighted by Crippen LogP contribution is 2.18. The van der Waals surface area contributed by atoms with Gasteiger partial charge in [-0.3, -0.25) is 0 Å². The molecule has 1 aliphatic heterocycles. The molecule has 6 nitrogen and oxygen atoms in total. The van der Waals surface area contributed by atoms with Crippen LogP contribution in [0, 0.1) is 0 Å². The topological polar surface area (TPSA) is 68.3 Å². The Kier molecular flexibility index (Phi) is 5.85. The van der Waals surface area contributed by atoms with Crippen LogP contribution in [0.15, 0.2) is 36.5 Å². The molecule has 0 saturated carbocycles. The molecule has 3 rings (SSSR count). The van der Waals surface area contributed by atoms with Crippen molar-refractivity contribution in [3.63, 3.8) is 0 Å². The first kappa shape index (κ1) is 16.5. The number of hydrogen-bond donors (Lipinski definition) is 2. The fraction of sp³-hybridized carbons (Fsp3) is 0.444. The minimum absolute atomic E-state index is 0.293. The Morgan fingerprint density at radius 1 is 1.25 bits per heavy atom. The van der Waals surface area contributed by atoms with E-state index in [2.05, 4.69) is 26.7 Å². The van der Waals surface area contributed by atoms with Crippen molar-refractivity contribution < 1.29 is 9.47 Å². The molecule has 0 amide bonds. The predicted molar refractivity (Wildman–Crippen MR) is 94.7 cm³/mol. The monoisotopic (exact) mass is 328 g/mol. The molecule has 2 heterocycles. The van der Waals surface area contributed by atoms with Crippen LogP contribution in [-0.2, 0) is 11.2 Å². The van der Waals surface area contributed by atoms with Gasteiger partial charge in [-0.2, -0.15) is 4.98 Å². The number of para-hydroxylation sites is 1. The number of nitrogens with one attached hydrogen (secondary N) is 2. The van der Waals surface area contributed by atoms with E-state index in [0.717, 1.165) is 50.5 Å². The molecule has 128 valence electrons. The van der Waals surface area contributed by atoms with Crippen LogP contribution in [0.5, 0.6) is 5.75 Å². The van der Waals surface area contributed by atoms with Crippen molar-refractivity contribution in [2.75, 3.05) is 37.4 Å². The smallest absolute Gasteiger partial charge is 0.224 e. The molecular formula is C18H24N4O2. The molecule has 2 N–H and O–H groups in total. The number of hydrogen-bond acceptors (Lipinski definition) is 6. The van der Waals surface area contributed by atoms with E-state index in [4.69, 9.17) is 9.47 Å². The number of ether oxygens (including phenoxy) is 2. The van der Waals surface area contributed by atoms with Gasteiger partial charge in [-0.25, -0.2) is 4.98 Å². The maximum Gasteiger partial charge on any atom is 0.224 e. The molecule has 1 aromatic heterocycles. The Morgan fingerprint density at radius 3 is 3.00 bits per heavy atom. The van der Waals surface area contributed by atoms with E-state index in [9.17, 15) is 0 Å². The van der Waals surface area contributed by atoms with Gasteiger partial charge in [0.1, 0.15) is 11.6 Å². The molecule has 1 aliphatic rings. The maximum absolute atomic E-state index is 5.61. The molecule has 6 heteroatoms. The maximum atomic E-state index is 5.61. The molecular weight excluding hydrogens is 304 g/mol. The highest BCUT2D eigenvalue weighted by atomic mass is 16.5.